The van der Waals surface area contributed by atoms with E-state index in [0.717, 1.165) is 10.8 Å². The topological polar surface area (TPSA) is 40.9 Å². The monoisotopic (exact) mass is 205 g/mol. The Balaban J connectivity index is 2.92. The molecule has 0 amide bonds. The molecule has 0 saturated carbocycles. The van der Waals surface area contributed by atoms with Crippen LogP contribution in [0.1, 0.15) is 0 Å². The molecule has 0 aliphatic rings. The molecule has 0 aliphatic carbocycles. The van der Waals surface area contributed by atoms with E-state index in [9.17, 15) is 4.21 Å². The number of benzene rings is 2. The standard InChI is InChI=1S/C11H11NOS/c1-14(12,13)11-8-4-6-9-5-2-3-7-10(9)11/h2-8,12H,1H3. The van der Waals surface area contributed by atoms with Crippen molar-refractivity contribution in [2.24, 2.45) is 0 Å². The van der Waals surface area contributed by atoms with Gasteiger partial charge < -0.3 is 0 Å². The zero-order valence-corrected chi connectivity index (χ0v) is 8.67. The first kappa shape index (κ1) is 9.21. The molecular formula is C11H11NOS. The Morgan fingerprint density at radius 3 is 2.43 bits per heavy atom. The van der Waals surface area contributed by atoms with Gasteiger partial charge in [-0.25, -0.2) is 8.99 Å². The van der Waals surface area contributed by atoms with Crippen LogP contribution in [0.2, 0.25) is 0 Å². The molecule has 0 saturated heterocycles. The van der Waals surface area contributed by atoms with Crippen LogP contribution < -0.4 is 0 Å². The molecule has 0 bridgehead atoms. The van der Waals surface area contributed by atoms with Crippen LogP contribution in [-0.4, -0.2) is 10.5 Å². The highest BCUT2D eigenvalue weighted by Crippen LogP contribution is 2.22. The summed E-state index contributed by atoms with van der Waals surface area (Å²) in [6, 6.07) is 13.3. The largest absolute Gasteiger partial charge is 0.249 e. The van der Waals surface area contributed by atoms with Gasteiger partial charge in [-0.3, -0.25) is 0 Å². The van der Waals surface area contributed by atoms with E-state index in [2.05, 4.69) is 0 Å². The van der Waals surface area contributed by atoms with E-state index in [1.165, 1.54) is 6.26 Å². The minimum Gasteiger partial charge on any atom is -0.249 e. The van der Waals surface area contributed by atoms with Crippen molar-refractivity contribution in [3.8, 4) is 0 Å². The summed E-state index contributed by atoms with van der Waals surface area (Å²) in [5.74, 6) is 0. The number of hydrogen-bond acceptors (Lipinski definition) is 2. The van der Waals surface area contributed by atoms with Gasteiger partial charge in [0.15, 0.2) is 0 Å². The average Bonchev–Trinajstić information content (AvgIpc) is 2.15. The molecule has 72 valence electrons. The molecular weight excluding hydrogens is 194 g/mol. The average molecular weight is 205 g/mol. The molecule has 2 rings (SSSR count). The van der Waals surface area contributed by atoms with Crippen LogP contribution in [0.25, 0.3) is 10.8 Å². The fraction of sp³-hybridized carbons (Fsp3) is 0.0909. The van der Waals surface area contributed by atoms with E-state index in [4.69, 9.17) is 4.78 Å². The minimum absolute atomic E-state index is 0.621. The fourth-order valence-electron chi connectivity index (χ4n) is 1.54. The van der Waals surface area contributed by atoms with Crippen molar-refractivity contribution in [3.05, 3.63) is 42.5 Å². The Bertz CT molecular complexity index is 567. The van der Waals surface area contributed by atoms with Crippen molar-refractivity contribution in [1.82, 2.24) is 0 Å². The summed E-state index contributed by atoms with van der Waals surface area (Å²) in [6.07, 6.45) is 1.45. The summed E-state index contributed by atoms with van der Waals surface area (Å²) in [4.78, 5) is 0.621. The van der Waals surface area contributed by atoms with Crippen molar-refractivity contribution >= 4 is 20.5 Å². The summed E-state index contributed by atoms with van der Waals surface area (Å²) >= 11 is 0. The maximum atomic E-state index is 11.7. The zero-order chi connectivity index (χ0) is 10.2. The third-order valence-electron chi connectivity index (χ3n) is 2.17. The highest BCUT2D eigenvalue weighted by atomic mass is 32.2. The van der Waals surface area contributed by atoms with Gasteiger partial charge in [0.1, 0.15) is 0 Å². The van der Waals surface area contributed by atoms with Gasteiger partial charge in [0.05, 0.1) is 14.6 Å². The summed E-state index contributed by atoms with van der Waals surface area (Å²) in [7, 11) is -2.63. The predicted octanol–water partition coefficient (Wildman–Crippen LogP) is 2.88. The Kier molecular flexibility index (Phi) is 2.04. The number of rotatable bonds is 1. The Morgan fingerprint density at radius 1 is 1.07 bits per heavy atom. The summed E-state index contributed by atoms with van der Waals surface area (Å²) < 4.78 is 19.3. The normalized spacial score (nSPS) is 15.2. The molecule has 0 heterocycles. The Morgan fingerprint density at radius 2 is 1.71 bits per heavy atom. The van der Waals surface area contributed by atoms with E-state index in [-0.39, 0.29) is 0 Å². The zero-order valence-electron chi connectivity index (χ0n) is 7.86. The first-order valence-electron chi connectivity index (χ1n) is 4.30. The summed E-state index contributed by atoms with van der Waals surface area (Å²) in [6.45, 7) is 0. The first-order valence-corrected chi connectivity index (χ1v) is 6.27. The lowest BCUT2D eigenvalue weighted by Crippen LogP contribution is -1.95. The smallest absolute Gasteiger partial charge is 0.0703 e. The van der Waals surface area contributed by atoms with E-state index >= 15 is 0 Å². The van der Waals surface area contributed by atoms with Gasteiger partial charge in [-0.15, -0.1) is 0 Å². The molecule has 1 N–H and O–H groups in total. The van der Waals surface area contributed by atoms with Crippen LogP contribution in [0, 0.1) is 4.78 Å². The Labute approximate surface area is 83.5 Å². The van der Waals surface area contributed by atoms with E-state index in [0.29, 0.717) is 4.90 Å². The lowest BCUT2D eigenvalue weighted by atomic mass is 10.1. The molecule has 3 heteroatoms. The van der Waals surface area contributed by atoms with E-state index in [1.807, 2.05) is 36.4 Å². The lowest BCUT2D eigenvalue weighted by molar-refractivity contribution is 0.679. The Hall–Kier alpha value is -1.35. The van der Waals surface area contributed by atoms with Crippen LogP contribution in [0.15, 0.2) is 47.4 Å². The third kappa shape index (κ3) is 1.51. The van der Waals surface area contributed by atoms with Crippen LogP contribution in [0.5, 0.6) is 0 Å². The van der Waals surface area contributed by atoms with Crippen molar-refractivity contribution in [3.63, 3.8) is 0 Å². The second-order valence-electron chi connectivity index (χ2n) is 3.32. The molecule has 2 nitrogen and oxygen atoms in total. The molecule has 0 aromatic heterocycles. The van der Waals surface area contributed by atoms with Crippen LogP contribution in [0.3, 0.4) is 0 Å². The second-order valence-corrected chi connectivity index (χ2v) is 5.45. The number of hydrogen-bond donors (Lipinski definition) is 1. The molecule has 2 aromatic rings. The molecule has 1 atom stereocenters. The van der Waals surface area contributed by atoms with E-state index < -0.39 is 9.73 Å². The molecule has 0 radical (unpaired) electrons. The van der Waals surface area contributed by atoms with E-state index in [1.54, 1.807) is 6.07 Å². The van der Waals surface area contributed by atoms with Gasteiger partial charge in [0, 0.05) is 6.26 Å². The third-order valence-corrected chi connectivity index (χ3v) is 3.36. The van der Waals surface area contributed by atoms with Crippen molar-refractivity contribution in [2.45, 2.75) is 4.90 Å². The highest BCUT2D eigenvalue weighted by Gasteiger charge is 2.06. The fourth-order valence-corrected chi connectivity index (χ4v) is 2.48. The number of fused-ring (bicyclic) bond motifs is 1. The molecule has 0 spiro atoms. The van der Waals surface area contributed by atoms with Gasteiger partial charge in [0.2, 0.25) is 0 Å². The van der Waals surface area contributed by atoms with Crippen molar-refractivity contribution in [1.29, 1.82) is 4.78 Å². The second kappa shape index (κ2) is 3.10. The summed E-state index contributed by atoms with van der Waals surface area (Å²) in [5, 5.41) is 1.95. The molecule has 14 heavy (non-hydrogen) atoms. The first-order chi connectivity index (χ1) is 6.59. The van der Waals surface area contributed by atoms with Gasteiger partial charge in [-0.05, 0) is 16.8 Å². The quantitative estimate of drug-likeness (QED) is 0.764. The number of nitrogens with one attached hydrogen (secondary N) is 1. The van der Waals surface area contributed by atoms with Gasteiger partial charge in [-0.1, -0.05) is 36.4 Å². The minimum atomic E-state index is -2.63. The maximum absolute atomic E-state index is 11.7. The van der Waals surface area contributed by atoms with Gasteiger partial charge in [0.25, 0.3) is 0 Å². The molecule has 0 aliphatic heterocycles. The van der Waals surface area contributed by atoms with Gasteiger partial charge >= 0.3 is 0 Å². The van der Waals surface area contributed by atoms with Crippen LogP contribution >= 0.6 is 0 Å². The van der Waals surface area contributed by atoms with Crippen LogP contribution in [0.4, 0.5) is 0 Å². The molecule has 1 unspecified atom stereocenters. The lowest BCUT2D eigenvalue weighted by Gasteiger charge is -2.05. The molecule has 2 aromatic carbocycles. The highest BCUT2D eigenvalue weighted by molar-refractivity contribution is 7.92. The summed E-state index contributed by atoms with van der Waals surface area (Å²) in [5.41, 5.74) is 0. The maximum Gasteiger partial charge on any atom is 0.0703 e. The molecule has 0 fully saturated rings. The SMILES string of the molecule is CS(=N)(=O)c1cccc2ccccc12. The van der Waals surface area contributed by atoms with Gasteiger partial charge in [-0.2, -0.15) is 0 Å². The predicted molar refractivity (Wildman–Crippen MR) is 59.0 cm³/mol. The van der Waals surface area contributed by atoms with Crippen LogP contribution in [-0.2, 0) is 9.73 Å². The van der Waals surface area contributed by atoms with Crippen molar-refractivity contribution in [2.75, 3.05) is 6.26 Å². The van der Waals surface area contributed by atoms with Crippen molar-refractivity contribution < 1.29 is 4.21 Å².